The highest BCUT2D eigenvalue weighted by molar-refractivity contribution is 6.02. The third-order valence-corrected chi connectivity index (χ3v) is 10.3. The Hall–Kier alpha value is -0.870. The van der Waals surface area contributed by atoms with E-state index in [-0.39, 0.29) is 5.41 Å². The van der Waals surface area contributed by atoms with E-state index in [0.717, 1.165) is 35.5 Å². The van der Waals surface area contributed by atoms with Crippen LogP contribution in [0.15, 0.2) is 16.8 Å². The third-order valence-electron chi connectivity index (χ3n) is 10.3. The molecule has 0 aromatic carbocycles. The summed E-state index contributed by atoms with van der Waals surface area (Å²) in [5.41, 5.74) is 1.93. The molecule has 0 radical (unpaired) electrons. The van der Waals surface area contributed by atoms with Crippen LogP contribution in [0.3, 0.4) is 0 Å². The molecular weight excluding hydrogens is 386 g/mol. The van der Waals surface area contributed by atoms with Crippen molar-refractivity contribution in [3.63, 3.8) is 0 Å². The fraction of sp³-hybridized carbons (Fsp3) is 0.889. The van der Waals surface area contributed by atoms with E-state index in [0.29, 0.717) is 29.6 Å². The number of aliphatic hydroxyl groups is 2. The molecule has 4 rings (SSSR count). The molecule has 0 aromatic heterocycles. The quantitative estimate of drug-likeness (QED) is 0.380. The summed E-state index contributed by atoms with van der Waals surface area (Å²) in [5.74, 6) is 4.05. The van der Waals surface area contributed by atoms with E-state index in [1.54, 1.807) is 6.08 Å². The second-order valence-electron chi connectivity index (χ2n) is 12.4. The van der Waals surface area contributed by atoms with Crippen LogP contribution in [0, 0.1) is 46.3 Å². The zero-order valence-electron chi connectivity index (χ0n) is 20.3. The van der Waals surface area contributed by atoms with E-state index in [1.165, 1.54) is 44.9 Å². The van der Waals surface area contributed by atoms with Crippen molar-refractivity contribution in [2.45, 2.75) is 105 Å². The fourth-order valence-corrected chi connectivity index (χ4v) is 8.73. The monoisotopic (exact) mass is 431 g/mol. The molecule has 3 fully saturated rings. The first kappa shape index (κ1) is 23.3. The van der Waals surface area contributed by atoms with Crippen molar-refractivity contribution in [2.75, 3.05) is 0 Å². The van der Waals surface area contributed by atoms with Crippen LogP contribution in [0.1, 0.15) is 92.4 Å². The summed E-state index contributed by atoms with van der Waals surface area (Å²) in [7, 11) is 0. The number of fused-ring (bicyclic) bond motifs is 5. The average molecular weight is 432 g/mol. The van der Waals surface area contributed by atoms with Gasteiger partial charge in [-0.3, -0.25) is 0 Å². The maximum Gasteiger partial charge on any atom is 0.0986 e. The van der Waals surface area contributed by atoms with Gasteiger partial charge in [0, 0.05) is 0 Å². The van der Waals surface area contributed by atoms with Crippen molar-refractivity contribution in [2.24, 2.45) is 51.5 Å². The van der Waals surface area contributed by atoms with Crippen molar-refractivity contribution in [3.05, 3.63) is 11.6 Å². The second kappa shape index (κ2) is 8.48. The normalized spacial score (nSPS) is 47.0. The van der Waals surface area contributed by atoms with Crippen molar-refractivity contribution in [3.8, 4) is 0 Å². The Kier molecular flexibility index (Phi) is 6.37. The second-order valence-corrected chi connectivity index (χ2v) is 12.4. The summed E-state index contributed by atoms with van der Waals surface area (Å²) in [4.78, 5) is 0. The summed E-state index contributed by atoms with van der Waals surface area (Å²) in [6.45, 7) is 12.0. The van der Waals surface area contributed by atoms with Gasteiger partial charge in [-0.1, -0.05) is 59.0 Å². The zero-order chi connectivity index (χ0) is 22.6. The van der Waals surface area contributed by atoms with Gasteiger partial charge in [-0.15, -0.1) is 0 Å². The Morgan fingerprint density at radius 3 is 2.48 bits per heavy atom. The molecule has 31 heavy (non-hydrogen) atoms. The average Bonchev–Trinajstić information content (AvgIpc) is 3.06. The van der Waals surface area contributed by atoms with Gasteiger partial charge in [0.15, 0.2) is 0 Å². The molecule has 0 heterocycles. The molecule has 0 aromatic rings. The Morgan fingerprint density at radius 1 is 1.06 bits per heavy atom. The highest BCUT2D eigenvalue weighted by Gasteiger charge is 2.61. The van der Waals surface area contributed by atoms with Crippen LogP contribution in [-0.4, -0.2) is 33.3 Å². The lowest BCUT2D eigenvalue weighted by atomic mass is 9.46. The van der Waals surface area contributed by atoms with Crippen LogP contribution >= 0.6 is 0 Å². The summed E-state index contributed by atoms with van der Waals surface area (Å²) in [5, 5.41) is 34.4. The van der Waals surface area contributed by atoms with Crippen LogP contribution in [0.4, 0.5) is 0 Å². The van der Waals surface area contributed by atoms with Crippen LogP contribution in [-0.2, 0) is 0 Å². The van der Waals surface area contributed by atoms with E-state index >= 15 is 0 Å². The van der Waals surface area contributed by atoms with Gasteiger partial charge >= 0.3 is 0 Å². The van der Waals surface area contributed by atoms with Gasteiger partial charge in [0.2, 0.25) is 0 Å². The Morgan fingerprint density at radius 2 is 1.81 bits per heavy atom. The molecule has 3 saturated carbocycles. The molecule has 4 nitrogen and oxygen atoms in total. The standard InChI is InChI=1S/C27H45NO3/c1-16(2)7-6-8-17(3)19-9-10-20-18-13-23(28-31)22-14-24(29)25(30)15-27(22,5)21(18)11-12-26(19,20)4/h14,16-21,24-25,29-31H,6-13,15H2,1-5H3/b28-23+/t17?,18?,19-,20?,21?,24+,25-,26-,27-/m1/s1. The number of rotatable bonds is 5. The first-order valence-electron chi connectivity index (χ1n) is 12.9. The van der Waals surface area contributed by atoms with Gasteiger partial charge in [0.05, 0.1) is 17.9 Å². The van der Waals surface area contributed by atoms with Crippen molar-refractivity contribution in [1.29, 1.82) is 0 Å². The summed E-state index contributed by atoms with van der Waals surface area (Å²) >= 11 is 0. The van der Waals surface area contributed by atoms with E-state index < -0.39 is 12.2 Å². The Labute approximate surface area is 189 Å². The number of oxime groups is 1. The van der Waals surface area contributed by atoms with E-state index in [9.17, 15) is 15.4 Å². The molecule has 176 valence electrons. The third kappa shape index (κ3) is 3.80. The summed E-state index contributed by atoms with van der Waals surface area (Å²) in [6.07, 6.45) is 10.7. The predicted octanol–water partition coefficient (Wildman–Crippen LogP) is 5.80. The van der Waals surface area contributed by atoms with Crippen LogP contribution in [0.5, 0.6) is 0 Å². The van der Waals surface area contributed by atoms with Gasteiger partial charge in [0.1, 0.15) is 0 Å². The maximum atomic E-state index is 10.5. The van der Waals surface area contributed by atoms with Gasteiger partial charge < -0.3 is 15.4 Å². The minimum absolute atomic E-state index is 0.203. The van der Waals surface area contributed by atoms with E-state index in [2.05, 4.69) is 39.8 Å². The highest BCUT2D eigenvalue weighted by Crippen LogP contribution is 2.67. The number of allylic oxidation sites excluding steroid dienone is 1. The molecule has 3 N–H and O–H groups in total. The van der Waals surface area contributed by atoms with Crippen molar-refractivity contribution < 1.29 is 15.4 Å². The lowest BCUT2D eigenvalue weighted by Gasteiger charge is -2.59. The van der Waals surface area contributed by atoms with Crippen LogP contribution in [0.2, 0.25) is 0 Å². The number of aliphatic hydroxyl groups excluding tert-OH is 2. The van der Waals surface area contributed by atoms with E-state index in [1.807, 2.05) is 0 Å². The van der Waals surface area contributed by atoms with Gasteiger partial charge in [0.25, 0.3) is 0 Å². The molecule has 9 atom stereocenters. The predicted molar refractivity (Wildman–Crippen MR) is 125 cm³/mol. The van der Waals surface area contributed by atoms with Crippen molar-refractivity contribution in [1.82, 2.24) is 0 Å². The van der Waals surface area contributed by atoms with Gasteiger partial charge in [-0.25, -0.2) is 0 Å². The lowest BCUT2D eigenvalue weighted by molar-refractivity contribution is -0.0688. The SMILES string of the molecule is CC(C)CCCC(C)[C@H]1CCC2C3C/C(=N\O)C4=C[C@H](O)[C@H](O)C[C@]4(C)C3CC[C@@]21C. The fourth-order valence-electron chi connectivity index (χ4n) is 8.73. The molecule has 0 amide bonds. The molecular formula is C27H45NO3. The first-order chi connectivity index (χ1) is 14.6. The lowest BCUT2D eigenvalue weighted by Crippen LogP contribution is -2.55. The highest BCUT2D eigenvalue weighted by atomic mass is 16.4. The largest absolute Gasteiger partial charge is 0.411 e. The summed E-state index contributed by atoms with van der Waals surface area (Å²) in [6, 6.07) is 0. The van der Waals surface area contributed by atoms with Crippen LogP contribution in [0.25, 0.3) is 0 Å². The first-order valence-corrected chi connectivity index (χ1v) is 12.9. The minimum atomic E-state index is -0.854. The van der Waals surface area contributed by atoms with E-state index in [4.69, 9.17) is 0 Å². The zero-order valence-corrected chi connectivity index (χ0v) is 20.3. The van der Waals surface area contributed by atoms with Crippen molar-refractivity contribution >= 4 is 5.71 Å². The van der Waals surface area contributed by atoms with Gasteiger partial charge in [-0.2, -0.15) is 0 Å². The number of nitrogens with zero attached hydrogens (tertiary/aromatic N) is 1. The maximum absolute atomic E-state index is 10.5. The topological polar surface area (TPSA) is 73.1 Å². The molecule has 4 aliphatic carbocycles. The molecule has 0 spiro atoms. The minimum Gasteiger partial charge on any atom is -0.411 e. The molecule has 0 aliphatic heterocycles. The molecule has 4 heteroatoms. The number of hydrogen-bond acceptors (Lipinski definition) is 4. The molecule has 4 unspecified atom stereocenters. The van der Waals surface area contributed by atoms with Crippen LogP contribution < -0.4 is 0 Å². The summed E-state index contributed by atoms with van der Waals surface area (Å²) < 4.78 is 0. The molecule has 0 bridgehead atoms. The smallest absolute Gasteiger partial charge is 0.0986 e. The number of hydrogen-bond donors (Lipinski definition) is 3. The van der Waals surface area contributed by atoms with Gasteiger partial charge in [-0.05, 0) is 96.5 Å². The molecule has 4 aliphatic rings. The Balaban J connectivity index is 1.58. The molecule has 0 saturated heterocycles. The Bertz CT molecular complexity index is 730.